The minimum Gasteiger partial charge on any atom is -0.445 e. The van der Waals surface area contributed by atoms with Crippen molar-refractivity contribution < 1.29 is 38.2 Å². The predicted octanol–water partition coefficient (Wildman–Crippen LogP) is 8.44. The van der Waals surface area contributed by atoms with Gasteiger partial charge in [0.1, 0.15) is 5.58 Å². The van der Waals surface area contributed by atoms with Gasteiger partial charge in [0.2, 0.25) is 5.71 Å². The molecule has 0 aliphatic heterocycles. The molecule has 0 bridgehead atoms. The molecule has 4 heterocycles. The number of aryl methyl sites for hydroxylation is 3. The summed E-state index contributed by atoms with van der Waals surface area (Å²) >= 11 is 0. The van der Waals surface area contributed by atoms with Gasteiger partial charge < -0.3 is 14.4 Å². The van der Waals surface area contributed by atoms with E-state index in [9.17, 15) is 0 Å². The fourth-order valence-corrected chi connectivity index (χ4v) is 3.83. The van der Waals surface area contributed by atoms with E-state index < -0.39 is 26.4 Å². The van der Waals surface area contributed by atoms with Crippen molar-refractivity contribution in [1.29, 1.82) is 0 Å². The monoisotopic (exact) mass is 686 g/mol. The molecule has 0 aliphatic carbocycles. The zero-order valence-electron chi connectivity index (χ0n) is 30.6. The van der Waals surface area contributed by atoms with Crippen LogP contribution >= 0.6 is 0 Å². The van der Waals surface area contributed by atoms with E-state index in [1.54, 1.807) is 30.5 Å². The Kier molecular flexibility index (Phi) is 5.29. The van der Waals surface area contributed by atoms with Gasteiger partial charge >= 0.3 is 0 Å². The normalized spacial score (nSPS) is 15.9. The Balaban J connectivity index is 0.000000222. The van der Waals surface area contributed by atoms with Crippen LogP contribution in [0.25, 0.3) is 44.6 Å². The second kappa shape index (κ2) is 11.8. The minimum absolute atomic E-state index is 0. The third-order valence-electron chi connectivity index (χ3n) is 5.74. The quantitative estimate of drug-likeness (QED) is 0.176. The molecule has 0 amide bonds. The third-order valence-corrected chi connectivity index (χ3v) is 5.74. The fraction of sp³-hybridized carbons (Fsp3) is 0.182. The average molecular weight is 686 g/mol. The number of rotatable bonds is 3. The summed E-state index contributed by atoms with van der Waals surface area (Å²) < 4.78 is 80.4. The van der Waals surface area contributed by atoms with Crippen LogP contribution < -0.4 is 0 Å². The van der Waals surface area contributed by atoms with Gasteiger partial charge in [0.05, 0.1) is 0 Å². The summed E-state index contributed by atoms with van der Waals surface area (Å²) in [4.78, 5) is 12.7. The van der Waals surface area contributed by atoms with Gasteiger partial charge in [-0.25, -0.2) is 4.98 Å². The van der Waals surface area contributed by atoms with Gasteiger partial charge in [-0.05, 0) is 49.1 Å². The molecule has 0 atom stereocenters. The van der Waals surface area contributed by atoms with Crippen molar-refractivity contribution in [2.75, 3.05) is 0 Å². The Morgan fingerprint density at radius 3 is 2.45 bits per heavy atom. The second-order valence-corrected chi connectivity index (χ2v) is 8.60. The van der Waals surface area contributed by atoms with Crippen molar-refractivity contribution in [2.24, 2.45) is 0 Å². The molecule has 6 rings (SSSR count). The van der Waals surface area contributed by atoms with Crippen LogP contribution in [0, 0.1) is 32.7 Å². The van der Waals surface area contributed by atoms with Crippen molar-refractivity contribution in [3.8, 4) is 22.5 Å². The Labute approximate surface area is 251 Å². The number of aromatic nitrogens is 3. The molecule has 0 spiro atoms. The first-order valence-corrected chi connectivity index (χ1v) is 11.5. The maximum Gasteiger partial charge on any atom is 0.226 e. The van der Waals surface area contributed by atoms with Crippen LogP contribution in [-0.4, -0.2) is 15.0 Å². The zero-order valence-corrected chi connectivity index (χ0v) is 23.0. The van der Waals surface area contributed by atoms with E-state index >= 15 is 0 Å². The molecule has 0 N–H and O–H groups in total. The van der Waals surface area contributed by atoms with Crippen LogP contribution in [0.2, 0.25) is 0 Å². The fourth-order valence-electron chi connectivity index (χ4n) is 3.83. The number of pyridine rings is 3. The summed E-state index contributed by atoms with van der Waals surface area (Å²) in [5.74, 6) is -0.748. The van der Waals surface area contributed by atoms with Crippen molar-refractivity contribution in [3.63, 3.8) is 0 Å². The van der Waals surface area contributed by atoms with E-state index in [-0.39, 0.29) is 42.6 Å². The van der Waals surface area contributed by atoms with Crippen molar-refractivity contribution in [3.05, 3.63) is 114 Å². The Bertz CT molecular complexity index is 1970. The standard InChI is InChI=1S/C20H17N2O.C13H12N.Ir/c1-12(2)14-5-4-6-15(11-14)18-19-16(9-10-21-18)17-8-7-13(3)22-20(17)23-19;1-10-3-6-12(7-4-10)13-8-5-11(2)9-14-13;/h4-5,7-12H,1-3H3;3-6,8-9H,1-2H3;/q2*-1;/i3D3,12D;1D3,2D3;. The molecule has 4 nitrogen and oxygen atoms in total. The van der Waals surface area contributed by atoms with Crippen LogP contribution in [0.15, 0.2) is 83.5 Å². The molecule has 0 fully saturated rings. The molecular formula is C33H29IrN3O-2. The first-order valence-electron chi connectivity index (χ1n) is 16.5. The Morgan fingerprint density at radius 2 is 1.74 bits per heavy atom. The van der Waals surface area contributed by atoms with Crippen LogP contribution in [-0.2, 0) is 20.1 Å². The molecule has 5 heteroatoms. The van der Waals surface area contributed by atoms with Gasteiger partial charge in [-0.2, -0.15) is 0 Å². The van der Waals surface area contributed by atoms with E-state index in [2.05, 4.69) is 27.1 Å². The topological polar surface area (TPSA) is 51.8 Å². The maximum absolute atomic E-state index is 8.24. The van der Waals surface area contributed by atoms with Gasteiger partial charge in [-0.1, -0.05) is 32.8 Å². The molecule has 2 aromatic carbocycles. The van der Waals surface area contributed by atoms with Gasteiger partial charge in [-0.15, -0.1) is 70.8 Å². The number of hydrogen-bond acceptors (Lipinski definition) is 4. The molecule has 38 heavy (non-hydrogen) atoms. The first kappa shape index (κ1) is 17.0. The summed E-state index contributed by atoms with van der Waals surface area (Å²) in [7, 11) is 0. The molecular weight excluding hydrogens is 647 g/mol. The summed E-state index contributed by atoms with van der Waals surface area (Å²) in [5.41, 5.74) is 4.48. The van der Waals surface area contributed by atoms with Crippen molar-refractivity contribution >= 4 is 22.1 Å². The summed E-state index contributed by atoms with van der Waals surface area (Å²) in [6, 6.07) is 24.1. The van der Waals surface area contributed by atoms with Gasteiger partial charge in [0.15, 0.2) is 0 Å². The number of fused-ring (bicyclic) bond motifs is 3. The van der Waals surface area contributed by atoms with E-state index in [1.807, 2.05) is 32.0 Å². The Morgan fingerprint density at radius 1 is 0.868 bits per heavy atom. The zero-order chi connectivity index (χ0) is 34.4. The largest absolute Gasteiger partial charge is 0.445 e. The number of benzene rings is 2. The summed E-state index contributed by atoms with van der Waals surface area (Å²) in [5, 5.41) is 1.54. The molecule has 6 aromatic rings. The maximum atomic E-state index is 8.24. The van der Waals surface area contributed by atoms with Crippen molar-refractivity contribution in [2.45, 2.75) is 40.3 Å². The van der Waals surface area contributed by atoms with Crippen LogP contribution in [0.4, 0.5) is 0 Å². The number of nitrogens with zero attached hydrogens (tertiary/aromatic N) is 3. The second-order valence-electron chi connectivity index (χ2n) is 8.60. The molecule has 1 radical (unpaired) electrons. The predicted molar refractivity (Wildman–Crippen MR) is 150 cm³/mol. The molecule has 0 aliphatic rings. The Hall–Kier alpha value is -3.66. The average Bonchev–Trinajstić information content (AvgIpc) is 3.38. The van der Waals surface area contributed by atoms with Gasteiger partial charge in [0.25, 0.3) is 0 Å². The summed E-state index contributed by atoms with van der Waals surface area (Å²) in [6.07, 6.45) is 2.98. The van der Waals surface area contributed by atoms with Crippen molar-refractivity contribution in [1.82, 2.24) is 15.0 Å². The van der Waals surface area contributed by atoms with E-state index in [4.69, 9.17) is 18.1 Å². The van der Waals surface area contributed by atoms with E-state index in [0.29, 0.717) is 28.1 Å². The molecule has 193 valence electrons. The van der Waals surface area contributed by atoms with Gasteiger partial charge in [-0.3, -0.25) is 0 Å². The van der Waals surface area contributed by atoms with Crippen LogP contribution in [0.1, 0.15) is 55.8 Å². The third kappa shape index (κ3) is 5.91. The molecule has 0 unspecified atom stereocenters. The number of hydrogen-bond donors (Lipinski definition) is 0. The molecule has 0 saturated carbocycles. The first-order chi connectivity index (χ1) is 21.8. The number of furan rings is 1. The summed E-state index contributed by atoms with van der Waals surface area (Å²) in [6.45, 7) is -2.99. The van der Waals surface area contributed by atoms with E-state index in [1.165, 1.54) is 30.5 Å². The van der Waals surface area contributed by atoms with Crippen LogP contribution in [0.3, 0.4) is 0 Å². The smallest absolute Gasteiger partial charge is 0.226 e. The van der Waals surface area contributed by atoms with Gasteiger partial charge in [0, 0.05) is 68.4 Å². The van der Waals surface area contributed by atoms with Crippen LogP contribution in [0.5, 0.6) is 0 Å². The minimum atomic E-state index is -2.30. The van der Waals surface area contributed by atoms with E-state index in [0.717, 1.165) is 16.3 Å². The molecule has 4 aromatic heterocycles. The molecule has 0 saturated heterocycles. The SMILES string of the molecule is [2H]C([2H])([2H])c1c[c-]c(-c2ccc(C([2H])([2H])[2H])cn2)cc1.[2H]C([2H])([2H])c1ccc2c(n1)oc1c(-c3[c-]ccc(C([2H])(C)C)c3)nccc12.[Ir].